The molecule has 0 saturated carbocycles. The number of carbonyl (C=O) groups excluding carboxylic acids is 1. The summed E-state index contributed by atoms with van der Waals surface area (Å²) in [5, 5.41) is 6.17. The van der Waals surface area contributed by atoms with Crippen LogP contribution in [0.3, 0.4) is 0 Å². The first kappa shape index (κ1) is 16.8. The SMILES string of the molecule is Cc1c(C(=O)Nc2nc(-c3ccc4c(c3)OCCO4)cs2)oc2ccccc12. The van der Waals surface area contributed by atoms with Crippen LogP contribution in [0, 0.1) is 6.92 Å². The molecule has 0 saturated heterocycles. The fourth-order valence-corrected chi connectivity index (χ4v) is 3.93. The Kier molecular flexibility index (Phi) is 4.02. The monoisotopic (exact) mass is 392 g/mol. The maximum atomic E-state index is 12.7. The van der Waals surface area contributed by atoms with Gasteiger partial charge in [0.1, 0.15) is 18.8 Å². The van der Waals surface area contributed by atoms with Crippen LogP contribution in [0.25, 0.3) is 22.2 Å². The Bertz CT molecular complexity index is 1190. The smallest absolute Gasteiger partial charge is 0.293 e. The number of fused-ring (bicyclic) bond motifs is 2. The number of benzene rings is 2. The van der Waals surface area contributed by atoms with Gasteiger partial charge in [0, 0.05) is 21.9 Å². The first-order valence-corrected chi connectivity index (χ1v) is 9.72. The summed E-state index contributed by atoms with van der Waals surface area (Å²) in [5.41, 5.74) is 3.18. The Morgan fingerprint density at radius 3 is 2.79 bits per heavy atom. The number of aryl methyl sites for hydroxylation is 1. The Morgan fingerprint density at radius 2 is 1.93 bits per heavy atom. The van der Waals surface area contributed by atoms with Crippen LogP contribution in [0.15, 0.2) is 52.3 Å². The van der Waals surface area contributed by atoms with Gasteiger partial charge in [-0.2, -0.15) is 0 Å². The highest BCUT2D eigenvalue weighted by molar-refractivity contribution is 7.14. The van der Waals surface area contributed by atoms with E-state index in [1.54, 1.807) is 0 Å². The molecule has 7 heteroatoms. The molecule has 0 fully saturated rings. The van der Waals surface area contributed by atoms with Crippen molar-refractivity contribution in [1.29, 1.82) is 0 Å². The molecule has 0 unspecified atom stereocenters. The summed E-state index contributed by atoms with van der Waals surface area (Å²) in [6.07, 6.45) is 0. The molecular formula is C21H16N2O4S. The summed E-state index contributed by atoms with van der Waals surface area (Å²) in [4.78, 5) is 17.2. The van der Waals surface area contributed by atoms with Crippen molar-refractivity contribution in [2.75, 3.05) is 18.5 Å². The predicted molar refractivity (Wildman–Crippen MR) is 107 cm³/mol. The highest BCUT2D eigenvalue weighted by Crippen LogP contribution is 2.35. The van der Waals surface area contributed by atoms with Crippen LogP contribution >= 0.6 is 11.3 Å². The molecule has 140 valence electrons. The fourth-order valence-electron chi connectivity index (χ4n) is 3.21. The van der Waals surface area contributed by atoms with Crippen LogP contribution < -0.4 is 14.8 Å². The predicted octanol–water partition coefficient (Wildman–Crippen LogP) is 4.89. The van der Waals surface area contributed by atoms with Gasteiger partial charge in [-0.05, 0) is 31.2 Å². The number of rotatable bonds is 3. The van der Waals surface area contributed by atoms with Gasteiger partial charge in [-0.15, -0.1) is 11.3 Å². The van der Waals surface area contributed by atoms with Gasteiger partial charge in [-0.25, -0.2) is 4.98 Å². The lowest BCUT2D eigenvalue weighted by Crippen LogP contribution is -2.15. The van der Waals surface area contributed by atoms with Crippen LogP contribution in [0.5, 0.6) is 11.5 Å². The van der Waals surface area contributed by atoms with Gasteiger partial charge in [0.15, 0.2) is 22.4 Å². The summed E-state index contributed by atoms with van der Waals surface area (Å²) in [5.74, 6) is 1.44. The molecular weight excluding hydrogens is 376 g/mol. The number of nitrogens with zero attached hydrogens (tertiary/aromatic N) is 1. The molecule has 1 aliphatic rings. The first-order chi connectivity index (χ1) is 13.7. The van der Waals surface area contributed by atoms with E-state index in [0.29, 0.717) is 35.4 Å². The van der Waals surface area contributed by atoms with E-state index in [9.17, 15) is 4.79 Å². The van der Waals surface area contributed by atoms with E-state index in [-0.39, 0.29) is 5.91 Å². The number of hydrogen-bond acceptors (Lipinski definition) is 6. The highest BCUT2D eigenvalue weighted by Gasteiger charge is 2.19. The van der Waals surface area contributed by atoms with E-state index >= 15 is 0 Å². The molecule has 2 aromatic heterocycles. The molecule has 28 heavy (non-hydrogen) atoms. The van der Waals surface area contributed by atoms with E-state index < -0.39 is 0 Å². The number of ether oxygens (including phenoxy) is 2. The highest BCUT2D eigenvalue weighted by atomic mass is 32.1. The number of furan rings is 1. The third-order valence-electron chi connectivity index (χ3n) is 4.61. The van der Waals surface area contributed by atoms with Crippen molar-refractivity contribution in [2.24, 2.45) is 0 Å². The summed E-state index contributed by atoms with van der Waals surface area (Å²) >= 11 is 1.36. The number of hydrogen-bond donors (Lipinski definition) is 1. The van der Waals surface area contributed by atoms with Crippen molar-refractivity contribution in [3.8, 4) is 22.8 Å². The zero-order valence-electron chi connectivity index (χ0n) is 15.0. The number of anilines is 1. The van der Waals surface area contributed by atoms with Crippen molar-refractivity contribution in [1.82, 2.24) is 4.98 Å². The van der Waals surface area contributed by atoms with Crippen molar-refractivity contribution in [2.45, 2.75) is 6.92 Å². The minimum atomic E-state index is -0.309. The molecule has 0 bridgehead atoms. The van der Waals surface area contributed by atoms with Crippen molar-refractivity contribution in [3.63, 3.8) is 0 Å². The van der Waals surface area contributed by atoms with Crippen LogP contribution in [-0.4, -0.2) is 24.1 Å². The van der Waals surface area contributed by atoms with Crippen LogP contribution in [0.2, 0.25) is 0 Å². The van der Waals surface area contributed by atoms with Crippen molar-refractivity contribution in [3.05, 3.63) is 59.2 Å². The topological polar surface area (TPSA) is 73.6 Å². The standard InChI is InChI=1S/C21H16N2O4S/c1-12-14-4-2-3-5-16(14)27-19(12)20(24)23-21-22-15(11-28-21)13-6-7-17-18(10-13)26-9-8-25-17/h2-7,10-11H,8-9H2,1H3,(H,22,23,24). The van der Waals surface area contributed by atoms with E-state index in [0.717, 1.165) is 28.0 Å². The average molecular weight is 392 g/mol. The van der Waals surface area contributed by atoms with Crippen LogP contribution in [0.1, 0.15) is 16.1 Å². The summed E-state index contributed by atoms with van der Waals surface area (Å²) in [6.45, 7) is 2.97. The molecule has 1 amide bonds. The second-order valence-electron chi connectivity index (χ2n) is 6.40. The number of carbonyl (C=O) groups is 1. The summed E-state index contributed by atoms with van der Waals surface area (Å²) in [7, 11) is 0. The third-order valence-corrected chi connectivity index (χ3v) is 5.37. The van der Waals surface area contributed by atoms with E-state index in [2.05, 4.69) is 10.3 Å². The van der Waals surface area contributed by atoms with E-state index in [1.165, 1.54) is 11.3 Å². The molecule has 6 nitrogen and oxygen atoms in total. The molecule has 2 aromatic carbocycles. The number of amides is 1. The molecule has 0 radical (unpaired) electrons. The van der Waals surface area contributed by atoms with Gasteiger partial charge in [-0.3, -0.25) is 10.1 Å². The molecule has 5 rings (SSSR count). The molecule has 3 heterocycles. The Labute approximate surface area is 164 Å². The Balaban J connectivity index is 1.39. The van der Waals surface area contributed by atoms with Crippen LogP contribution in [0.4, 0.5) is 5.13 Å². The minimum absolute atomic E-state index is 0.303. The summed E-state index contributed by atoms with van der Waals surface area (Å²) < 4.78 is 16.9. The number of para-hydroxylation sites is 1. The lowest BCUT2D eigenvalue weighted by atomic mass is 10.1. The second-order valence-corrected chi connectivity index (χ2v) is 7.26. The Morgan fingerprint density at radius 1 is 1.11 bits per heavy atom. The van der Waals surface area contributed by atoms with Gasteiger partial charge in [0.05, 0.1) is 5.69 Å². The van der Waals surface area contributed by atoms with Gasteiger partial charge in [-0.1, -0.05) is 18.2 Å². The molecule has 0 atom stereocenters. The molecule has 4 aromatic rings. The van der Waals surface area contributed by atoms with E-state index in [1.807, 2.05) is 54.8 Å². The summed E-state index contributed by atoms with van der Waals surface area (Å²) in [6, 6.07) is 13.3. The van der Waals surface area contributed by atoms with Crippen LogP contribution in [-0.2, 0) is 0 Å². The zero-order valence-corrected chi connectivity index (χ0v) is 15.8. The third kappa shape index (κ3) is 2.90. The average Bonchev–Trinajstić information content (AvgIpc) is 3.32. The normalized spacial score (nSPS) is 12.9. The quantitative estimate of drug-likeness (QED) is 0.537. The van der Waals surface area contributed by atoms with Crippen molar-refractivity contribution >= 4 is 33.3 Å². The number of aromatic nitrogens is 1. The fraction of sp³-hybridized carbons (Fsp3) is 0.143. The molecule has 0 aliphatic carbocycles. The largest absolute Gasteiger partial charge is 0.486 e. The molecule has 0 spiro atoms. The van der Waals surface area contributed by atoms with Gasteiger partial charge >= 0.3 is 0 Å². The number of nitrogens with one attached hydrogen (secondary N) is 1. The maximum absolute atomic E-state index is 12.7. The van der Waals surface area contributed by atoms with Gasteiger partial charge in [0.25, 0.3) is 5.91 Å². The first-order valence-electron chi connectivity index (χ1n) is 8.84. The lowest BCUT2D eigenvalue weighted by molar-refractivity contribution is 0.0998. The van der Waals surface area contributed by atoms with E-state index in [4.69, 9.17) is 13.9 Å². The minimum Gasteiger partial charge on any atom is -0.486 e. The van der Waals surface area contributed by atoms with Crippen molar-refractivity contribution < 1.29 is 18.7 Å². The lowest BCUT2D eigenvalue weighted by Gasteiger charge is -2.18. The number of thiazole rings is 1. The Hall–Kier alpha value is -3.32. The molecule has 1 aliphatic heterocycles. The molecule has 1 N–H and O–H groups in total. The zero-order chi connectivity index (χ0) is 19.1. The van der Waals surface area contributed by atoms with Gasteiger partial charge in [0.2, 0.25) is 0 Å². The second kappa shape index (κ2) is 6.69. The van der Waals surface area contributed by atoms with Gasteiger partial charge < -0.3 is 13.9 Å². The maximum Gasteiger partial charge on any atom is 0.293 e.